The van der Waals surface area contributed by atoms with E-state index in [9.17, 15) is 13.2 Å². The third kappa shape index (κ3) is 4.46. The zero-order valence-corrected chi connectivity index (χ0v) is 16.6. The van der Waals surface area contributed by atoms with E-state index in [2.05, 4.69) is 9.62 Å². The average Bonchev–Trinajstić information content (AvgIpc) is 2.33. The summed E-state index contributed by atoms with van der Waals surface area (Å²) in [5, 5.41) is 0. The van der Waals surface area contributed by atoms with Crippen LogP contribution >= 0.6 is 0 Å². The number of rotatable bonds is 5. The topological polar surface area (TPSA) is 79.0 Å². The lowest BCUT2D eigenvalue weighted by molar-refractivity contribution is -0.0908. The van der Waals surface area contributed by atoms with Gasteiger partial charge in [-0.1, -0.05) is 0 Å². The van der Waals surface area contributed by atoms with Crippen molar-refractivity contribution in [2.24, 2.45) is 11.3 Å². The Morgan fingerprint density at radius 1 is 1.24 bits per heavy atom. The van der Waals surface area contributed by atoms with E-state index in [4.69, 9.17) is 4.74 Å². The highest BCUT2D eigenvalue weighted by molar-refractivity contribution is 7.89. The van der Waals surface area contributed by atoms with Crippen LogP contribution in [0.4, 0.5) is 4.79 Å². The van der Waals surface area contributed by atoms with E-state index in [1.54, 1.807) is 11.8 Å². The second kappa shape index (κ2) is 6.39. The first-order valence-electron chi connectivity index (χ1n) is 9.19. The molecule has 3 rings (SSSR count). The molecule has 2 heterocycles. The third-order valence-electron chi connectivity index (χ3n) is 5.33. The summed E-state index contributed by atoms with van der Waals surface area (Å²) in [6.07, 6.45) is 1.70. The van der Waals surface area contributed by atoms with E-state index < -0.39 is 15.6 Å². The van der Waals surface area contributed by atoms with Crippen molar-refractivity contribution in [2.75, 3.05) is 38.5 Å². The monoisotopic (exact) mass is 373 g/mol. The summed E-state index contributed by atoms with van der Waals surface area (Å²) in [5.74, 6) is 0.678. The maximum absolute atomic E-state index is 11.9. The van der Waals surface area contributed by atoms with E-state index in [1.165, 1.54) is 0 Å². The first kappa shape index (κ1) is 18.9. The molecule has 7 nitrogen and oxygen atoms in total. The summed E-state index contributed by atoms with van der Waals surface area (Å²) >= 11 is 0. The Hall–Kier alpha value is -0.860. The molecule has 2 aliphatic heterocycles. The van der Waals surface area contributed by atoms with Crippen molar-refractivity contribution in [3.05, 3.63) is 0 Å². The van der Waals surface area contributed by atoms with Gasteiger partial charge in [0, 0.05) is 44.7 Å². The van der Waals surface area contributed by atoms with Gasteiger partial charge in [0.15, 0.2) is 0 Å². The van der Waals surface area contributed by atoms with E-state index >= 15 is 0 Å². The highest BCUT2D eigenvalue weighted by Gasteiger charge is 2.53. The van der Waals surface area contributed by atoms with Crippen LogP contribution in [0.2, 0.25) is 0 Å². The van der Waals surface area contributed by atoms with Crippen molar-refractivity contribution in [3.63, 3.8) is 0 Å². The largest absolute Gasteiger partial charge is 0.444 e. The molecule has 3 aliphatic rings. The standard InChI is InChI=1S/C17H31N3O4S/c1-5-25(22,23)18-14-6-17(7-14)11-19(12-17)8-13-9-20(10-13)15(21)24-16(2,3)4/h13-14,18H,5-12H2,1-4H3. The second-order valence-corrected chi connectivity index (χ2v) is 11.1. The molecule has 0 radical (unpaired) electrons. The fourth-order valence-corrected chi connectivity index (χ4v) is 5.06. The lowest BCUT2D eigenvalue weighted by Gasteiger charge is -2.60. The predicted octanol–water partition coefficient (Wildman–Crippen LogP) is 1.26. The lowest BCUT2D eigenvalue weighted by atomic mass is 9.61. The molecule has 0 bridgehead atoms. The van der Waals surface area contributed by atoms with Gasteiger partial charge in [-0.3, -0.25) is 0 Å². The van der Waals surface area contributed by atoms with Crippen molar-refractivity contribution < 1.29 is 17.9 Å². The maximum Gasteiger partial charge on any atom is 0.410 e. The molecule has 25 heavy (non-hydrogen) atoms. The van der Waals surface area contributed by atoms with Gasteiger partial charge < -0.3 is 14.5 Å². The number of amides is 1. The summed E-state index contributed by atoms with van der Waals surface area (Å²) in [5.41, 5.74) is -0.110. The first-order chi connectivity index (χ1) is 11.5. The van der Waals surface area contributed by atoms with E-state index in [-0.39, 0.29) is 17.9 Å². The molecule has 2 saturated heterocycles. The summed E-state index contributed by atoms with van der Waals surface area (Å²) in [7, 11) is -3.08. The molecule has 0 aromatic rings. The average molecular weight is 374 g/mol. The molecule has 1 aliphatic carbocycles. The van der Waals surface area contributed by atoms with Crippen LogP contribution in [-0.4, -0.2) is 74.4 Å². The van der Waals surface area contributed by atoms with Gasteiger partial charge in [-0.2, -0.15) is 0 Å². The molecule has 1 amide bonds. The van der Waals surface area contributed by atoms with E-state index in [1.807, 2.05) is 20.8 Å². The van der Waals surface area contributed by atoms with Gasteiger partial charge in [0.25, 0.3) is 0 Å². The number of nitrogens with zero attached hydrogens (tertiary/aromatic N) is 2. The zero-order valence-electron chi connectivity index (χ0n) is 15.7. The molecular formula is C17H31N3O4S. The molecule has 3 fully saturated rings. The minimum Gasteiger partial charge on any atom is -0.444 e. The minimum absolute atomic E-state index is 0.124. The number of sulfonamides is 1. The molecule has 0 aromatic carbocycles. The van der Waals surface area contributed by atoms with Crippen molar-refractivity contribution in [1.29, 1.82) is 0 Å². The molecule has 0 atom stereocenters. The van der Waals surface area contributed by atoms with Crippen LogP contribution in [-0.2, 0) is 14.8 Å². The molecular weight excluding hydrogens is 342 g/mol. The van der Waals surface area contributed by atoms with Crippen molar-refractivity contribution in [3.8, 4) is 0 Å². The number of hydrogen-bond donors (Lipinski definition) is 1. The summed E-state index contributed by atoms with van der Waals surface area (Å²) in [6, 6.07) is 0.124. The van der Waals surface area contributed by atoms with Crippen molar-refractivity contribution in [1.82, 2.24) is 14.5 Å². The Labute approximate surface area is 151 Å². The summed E-state index contributed by atoms with van der Waals surface area (Å²) in [4.78, 5) is 16.1. The molecule has 144 valence electrons. The Kier molecular flexibility index (Phi) is 4.83. The van der Waals surface area contributed by atoms with Crippen molar-refractivity contribution in [2.45, 2.75) is 52.2 Å². The van der Waals surface area contributed by atoms with E-state index in [0.29, 0.717) is 11.3 Å². The highest BCUT2D eigenvalue weighted by atomic mass is 32.2. The van der Waals surface area contributed by atoms with Crippen LogP contribution in [0.15, 0.2) is 0 Å². The van der Waals surface area contributed by atoms with Gasteiger partial charge in [0.05, 0.1) is 5.75 Å². The normalized spacial score (nSPS) is 24.6. The van der Waals surface area contributed by atoms with Crippen LogP contribution in [0.25, 0.3) is 0 Å². The summed E-state index contributed by atoms with van der Waals surface area (Å²) in [6.45, 7) is 12.0. The Morgan fingerprint density at radius 2 is 1.84 bits per heavy atom. The number of ether oxygens (including phenoxy) is 1. The van der Waals surface area contributed by atoms with E-state index in [0.717, 1.165) is 45.6 Å². The first-order valence-corrected chi connectivity index (χ1v) is 10.8. The van der Waals surface area contributed by atoms with Gasteiger partial charge in [-0.15, -0.1) is 0 Å². The van der Waals surface area contributed by atoms with Gasteiger partial charge >= 0.3 is 6.09 Å². The maximum atomic E-state index is 11.9. The van der Waals surface area contributed by atoms with Crippen LogP contribution in [0.1, 0.15) is 40.5 Å². The van der Waals surface area contributed by atoms with Gasteiger partial charge in [0.1, 0.15) is 5.60 Å². The van der Waals surface area contributed by atoms with Gasteiger partial charge in [0.2, 0.25) is 10.0 Å². The molecule has 1 spiro atoms. The fourth-order valence-electron chi connectivity index (χ4n) is 4.22. The number of carbonyl (C=O) groups excluding carboxylic acids is 1. The van der Waals surface area contributed by atoms with Crippen LogP contribution in [0, 0.1) is 11.3 Å². The van der Waals surface area contributed by atoms with Gasteiger partial charge in [-0.25, -0.2) is 17.9 Å². The zero-order chi connectivity index (χ0) is 18.5. The van der Waals surface area contributed by atoms with Crippen LogP contribution in [0.3, 0.4) is 0 Å². The molecule has 0 aromatic heterocycles. The number of nitrogens with one attached hydrogen (secondary N) is 1. The number of likely N-dealkylation sites (tertiary alicyclic amines) is 2. The second-order valence-electron chi connectivity index (χ2n) is 9.05. The van der Waals surface area contributed by atoms with Crippen LogP contribution < -0.4 is 4.72 Å². The Morgan fingerprint density at radius 3 is 2.36 bits per heavy atom. The molecule has 8 heteroatoms. The number of carbonyl (C=O) groups is 1. The van der Waals surface area contributed by atoms with Gasteiger partial charge in [-0.05, 0) is 46.0 Å². The number of hydrogen-bond acceptors (Lipinski definition) is 5. The van der Waals surface area contributed by atoms with Crippen molar-refractivity contribution >= 4 is 16.1 Å². The van der Waals surface area contributed by atoms with Crippen LogP contribution in [0.5, 0.6) is 0 Å². The SMILES string of the molecule is CCS(=O)(=O)NC1CC2(C1)CN(CC1CN(C(=O)OC(C)(C)C)C1)C2. The quantitative estimate of drug-likeness (QED) is 0.785. The Balaban J connectivity index is 1.31. The Bertz CT molecular complexity index is 608. The minimum atomic E-state index is -3.08. The lowest BCUT2D eigenvalue weighted by Crippen LogP contribution is -2.68. The predicted molar refractivity (Wildman–Crippen MR) is 95.8 cm³/mol. The smallest absolute Gasteiger partial charge is 0.410 e. The molecule has 1 N–H and O–H groups in total. The summed E-state index contributed by atoms with van der Waals surface area (Å²) < 4.78 is 31.3. The fraction of sp³-hybridized carbons (Fsp3) is 0.941. The third-order valence-corrected chi connectivity index (χ3v) is 6.78. The highest BCUT2D eigenvalue weighted by Crippen LogP contribution is 2.48. The molecule has 0 unspecified atom stereocenters. The molecule has 1 saturated carbocycles.